The molecule has 1 aliphatic carbocycles. The van der Waals surface area contributed by atoms with Gasteiger partial charge in [-0.05, 0) is 76.1 Å². The largest absolute Gasteiger partial charge is 0.491 e. The van der Waals surface area contributed by atoms with Crippen molar-refractivity contribution >= 4 is 5.97 Å². The van der Waals surface area contributed by atoms with Crippen LogP contribution in [-0.4, -0.2) is 60.6 Å². The first-order valence-electron chi connectivity index (χ1n) is 13.4. The highest BCUT2D eigenvalue weighted by Crippen LogP contribution is 2.41. The summed E-state index contributed by atoms with van der Waals surface area (Å²) >= 11 is 0. The molecule has 2 aliphatic rings. The summed E-state index contributed by atoms with van der Waals surface area (Å²) in [5, 5.41) is 9.95. The Hall–Kier alpha value is -2.96. The van der Waals surface area contributed by atoms with Crippen LogP contribution < -0.4 is 4.74 Å². The smallest absolute Gasteiger partial charge is 0.332 e. The molecule has 1 aromatic rings. The van der Waals surface area contributed by atoms with Crippen LogP contribution in [0.25, 0.3) is 0 Å². The van der Waals surface area contributed by atoms with Crippen molar-refractivity contribution in [3.05, 3.63) is 66.5 Å². The fourth-order valence-corrected chi connectivity index (χ4v) is 4.24. The predicted molar refractivity (Wildman–Crippen MR) is 145 cm³/mol. The molecule has 1 saturated heterocycles. The van der Waals surface area contributed by atoms with Gasteiger partial charge in [0.05, 0.1) is 6.61 Å². The van der Waals surface area contributed by atoms with Gasteiger partial charge in [0.25, 0.3) is 0 Å². The van der Waals surface area contributed by atoms with Gasteiger partial charge in [0.1, 0.15) is 48.7 Å². The first-order chi connectivity index (χ1) is 18.6. The Bertz CT molecular complexity index is 1050. The Morgan fingerprint density at radius 2 is 1.85 bits per heavy atom. The van der Waals surface area contributed by atoms with Crippen molar-refractivity contribution in [1.29, 1.82) is 0 Å². The molecule has 212 valence electrons. The van der Waals surface area contributed by atoms with Crippen molar-refractivity contribution < 1.29 is 38.0 Å². The third-order valence-corrected chi connectivity index (χ3v) is 5.93. The Kier molecular flexibility index (Phi) is 11.8. The molecule has 3 rings (SSSR count). The van der Waals surface area contributed by atoms with E-state index in [0.29, 0.717) is 5.75 Å². The van der Waals surface area contributed by atoms with Gasteiger partial charge < -0.3 is 28.8 Å². The molecule has 8 heteroatoms. The van der Waals surface area contributed by atoms with E-state index in [2.05, 4.69) is 11.8 Å². The Morgan fingerprint density at radius 3 is 2.56 bits per heavy atom. The number of rotatable bonds is 10. The van der Waals surface area contributed by atoms with E-state index in [0.717, 1.165) is 25.7 Å². The van der Waals surface area contributed by atoms with E-state index in [1.54, 1.807) is 18.2 Å². The highest BCUT2D eigenvalue weighted by Gasteiger charge is 2.47. The second kappa shape index (κ2) is 15.0. The minimum atomic E-state index is -0.839. The van der Waals surface area contributed by atoms with Crippen molar-refractivity contribution in [2.45, 2.75) is 82.6 Å². The van der Waals surface area contributed by atoms with E-state index in [1.165, 1.54) is 36.8 Å². The average molecular weight is 543 g/mol. The molecule has 1 N–H and O–H groups in total. The summed E-state index contributed by atoms with van der Waals surface area (Å²) in [6, 6.07) is 5.59. The van der Waals surface area contributed by atoms with Crippen molar-refractivity contribution in [3.8, 4) is 17.6 Å². The van der Waals surface area contributed by atoms with E-state index in [4.69, 9.17) is 23.7 Å². The summed E-state index contributed by atoms with van der Waals surface area (Å²) in [5.74, 6) is 4.82. The van der Waals surface area contributed by atoms with Gasteiger partial charge in [-0.2, -0.15) is 0 Å². The highest BCUT2D eigenvalue weighted by atomic mass is 19.1. The van der Waals surface area contributed by atoms with Crippen LogP contribution in [0.3, 0.4) is 0 Å². The van der Waals surface area contributed by atoms with Crippen LogP contribution in [0.1, 0.15) is 52.9 Å². The Labute approximate surface area is 230 Å². The van der Waals surface area contributed by atoms with Crippen LogP contribution in [0.4, 0.5) is 4.39 Å². The molecule has 1 aromatic carbocycles. The van der Waals surface area contributed by atoms with Crippen LogP contribution in [0.5, 0.6) is 5.75 Å². The zero-order chi connectivity index (χ0) is 28.1. The number of halogens is 1. The van der Waals surface area contributed by atoms with Gasteiger partial charge in [0.15, 0.2) is 5.79 Å². The lowest BCUT2D eigenvalue weighted by Gasteiger charge is -2.31. The van der Waals surface area contributed by atoms with E-state index in [1.807, 2.05) is 32.9 Å². The molecule has 7 nitrogen and oxygen atoms in total. The number of hydrogen-bond donors (Lipinski definition) is 1. The fourth-order valence-electron chi connectivity index (χ4n) is 4.24. The minimum Gasteiger partial charge on any atom is -0.491 e. The summed E-state index contributed by atoms with van der Waals surface area (Å²) in [6.45, 7) is 5.56. The molecule has 0 aromatic heterocycles. The van der Waals surface area contributed by atoms with Gasteiger partial charge >= 0.3 is 5.97 Å². The van der Waals surface area contributed by atoms with Gasteiger partial charge in [0, 0.05) is 12.8 Å². The third kappa shape index (κ3) is 11.4. The molecular formula is C31H39FO7. The van der Waals surface area contributed by atoms with Gasteiger partial charge in [-0.15, -0.1) is 0 Å². The molecule has 0 unspecified atom stereocenters. The van der Waals surface area contributed by atoms with Gasteiger partial charge in [0.2, 0.25) is 0 Å². The first-order valence-corrected chi connectivity index (χ1v) is 13.4. The normalized spacial score (nSPS) is 21.9. The molecule has 0 amide bonds. The molecule has 39 heavy (non-hydrogen) atoms. The van der Waals surface area contributed by atoms with Crippen LogP contribution in [0.2, 0.25) is 0 Å². The summed E-state index contributed by atoms with van der Waals surface area (Å²) in [5.41, 5.74) is -0.560. The van der Waals surface area contributed by atoms with E-state index in [9.17, 15) is 14.3 Å². The van der Waals surface area contributed by atoms with Gasteiger partial charge in [-0.1, -0.05) is 36.5 Å². The number of allylic oxidation sites excluding steroid dienone is 4. The van der Waals surface area contributed by atoms with Crippen LogP contribution in [0.15, 0.2) is 60.7 Å². The second-order valence-electron chi connectivity index (χ2n) is 10.5. The number of carbonyl (C=O) groups is 1. The summed E-state index contributed by atoms with van der Waals surface area (Å²) in [6.07, 6.45) is 13.8. The van der Waals surface area contributed by atoms with E-state index < -0.39 is 23.5 Å². The van der Waals surface area contributed by atoms with E-state index in [-0.39, 0.29) is 37.8 Å². The molecule has 0 radical (unpaired) electrons. The summed E-state index contributed by atoms with van der Waals surface area (Å²) in [4.78, 5) is 12.0. The maximum atomic E-state index is 12.9. The molecule has 1 spiro atoms. The lowest BCUT2D eigenvalue weighted by molar-refractivity contribution is -0.195. The quantitative estimate of drug-likeness (QED) is 0.252. The molecule has 1 aliphatic heterocycles. The van der Waals surface area contributed by atoms with E-state index >= 15 is 0 Å². The number of carbonyl (C=O) groups excluding carboxylic acids is 1. The van der Waals surface area contributed by atoms with Crippen molar-refractivity contribution in [3.63, 3.8) is 0 Å². The fraction of sp³-hybridized carbons (Fsp3) is 0.516. The van der Waals surface area contributed by atoms with Crippen molar-refractivity contribution in [2.75, 3.05) is 19.8 Å². The molecule has 3 atom stereocenters. The highest BCUT2D eigenvalue weighted by molar-refractivity contribution is 5.71. The lowest BCUT2D eigenvalue weighted by Crippen LogP contribution is -2.34. The summed E-state index contributed by atoms with van der Waals surface area (Å²) in [7, 11) is 0. The van der Waals surface area contributed by atoms with Crippen LogP contribution in [0, 0.1) is 17.7 Å². The number of esters is 1. The number of aliphatic hydroxyl groups excluding tert-OH is 1. The molecule has 2 fully saturated rings. The topological polar surface area (TPSA) is 83.5 Å². The van der Waals surface area contributed by atoms with Crippen molar-refractivity contribution in [1.82, 2.24) is 0 Å². The number of aliphatic hydroxyl groups is 1. The van der Waals surface area contributed by atoms with Crippen molar-refractivity contribution in [2.24, 2.45) is 0 Å². The molecule has 1 saturated carbocycles. The SMILES string of the molecule is CC(C)(C)OC(=O)COC[C@@H]1OC2(CCCCC2)O[C@@H]1/C=C/C=C/C#C/C=C/[C@H](O)COc1ccc(F)cc1. The van der Waals surface area contributed by atoms with Gasteiger partial charge in [-0.25, -0.2) is 9.18 Å². The first kappa shape index (κ1) is 30.6. The Morgan fingerprint density at radius 1 is 1.13 bits per heavy atom. The average Bonchev–Trinajstić information content (AvgIpc) is 3.20. The minimum absolute atomic E-state index is 0.0377. The molecule has 1 heterocycles. The monoisotopic (exact) mass is 542 g/mol. The third-order valence-electron chi connectivity index (χ3n) is 5.93. The molecular weight excluding hydrogens is 503 g/mol. The zero-order valence-electron chi connectivity index (χ0n) is 22.9. The Balaban J connectivity index is 1.45. The number of benzene rings is 1. The molecule has 0 bridgehead atoms. The van der Waals surface area contributed by atoms with Gasteiger partial charge in [-0.3, -0.25) is 0 Å². The second-order valence-corrected chi connectivity index (χ2v) is 10.5. The van der Waals surface area contributed by atoms with Crippen LogP contribution in [-0.2, 0) is 23.7 Å². The standard InChI is InChI=1S/C31H39FO7/c1-30(2,3)39-29(34)23-35-22-28-27(37-31(38-28)19-11-8-12-20-31)14-10-7-5-4-6-9-13-25(33)21-36-26-17-15-24(32)16-18-26/h5,7,9-10,13-18,25,27-28,33H,8,11-12,19-23H2,1-3H3/b7-5+,13-9+,14-10+/t25-,27+,28-/m0/s1. The van der Waals surface area contributed by atoms with Crippen LogP contribution >= 0.6 is 0 Å². The maximum absolute atomic E-state index is 12.9. The zero-order valence-corrected chi connectivity index (χ0v) is 22.9. The lowest BCUT2D eigenvalue weighted by atomic mass is 9.94. The number of ether oxygens (including phenoxy) is 5. The number of hydrogen-bond acceptors (Lipinski definition) is 7. The predicted octanol–water partition coefficient (Wildman–Crippen LogP) is 5.04. The summed E-state index contributed by atoms with van der Waals surface area (Å²) < 4.78 is 41.9. The maximum Gasteiger partial charge on any atom is 0.332 e.